The lowest BCUT2D eigenvalue weighted by molar-refractivity contribution is -0.119. The second-order valence-electron chi connectivity index (χ2n) is 5.24. The Bertz CT molecular complexity index is 623. The molecule has 0 spiro atoms. The Morgan fingerprint density at radius 3 is 2.75 bits per heavy atom. The third-order valence-corrected chi connectivity index (χ3v) is 5.82. The predicted octanol–water partition coefficient (Wildman–Crippen LogP) is 0.778. The molecule has 1 aliphatic heterocycles. The van der Waals surface area contributed by atoms with E-state index in [4.69, 9.17) is 0 Å². The molecule has 20 heavy (non-hydrogen) atoms. The van der Waals surface area contributed by atoms with E-state index in [-0.39, 0.29) is 5.91 Å². The molecule has 1 atom stereocenters. The molecule has 1 aliphatic carbocycles. The quantitative estimate of drug-likeness (QED) is 0.886. The molecule has 1 saturated heterocycles. The Balaban J connectivity index is 1.68. The highest BCUT2D eigenvalue weighted by Gasteiger charge is 2.37. The summed E-state index contributed by atoms with van der Waals surface area (Å²) in [6.07, 6.45) is 4.65. The lowest BCUT2D eigenvalue weighted by atomic mass is 10.2. The molecule has 7 nitrogen and oxygen atoms in total. The van der Waals surface area contributed by atoms with Crippen molar-refractivity contribution in [2.75, 3.05) is 18.1 Å². The number of hydrogen-bond donors (Lipinski definition) is 1. The second kappa shape index (κ2) is 5.05. The van der Waals surface area contributed by atoms with Crippen molar-refractivity contribution in [3.05, 3.63) is 5.01 Å². The van der Waals surface area contributed by atoms with Gasteiger partial charge in [-0.25, -0.2) is 8.42 Å². The normalized spacial score (nSPS) is 23.9. The maximum absolute atomic E-state index is 12.2. The number of anilines is 1. The molecule has 9 heteroatoms. The van der Waals surface area contributed by atoms with Crippen molar-refractivity contribution in [1.82, 2.24) is 14.5 Å². The molecule has 1 unspecified atom stereocenters. The van der Waals surface area contributed by atoms with Gasteiger partial charge in [-0.1, -0.05) is 11.3 Å². The average Bonchev–Trinajstić information content (AvgIpc) is 2.91. The lowest BCUT2D eigenvalue weighted by Gasteiger charge is -2.20. The highest BCUT2D eigenvalue weighted by Crippen LogP contribution is 2.42. The van der Waals surface area contributed by atoms with Gasteiger partial charge in [-0.2, -0.15) is 4.31 Å². The second-order valence-corrected chi connectivity index (χ2v) is 8.18. The first-order valence-corrected chi connectivity index (χ1v) is 9.23. The van der Waals surface area contributed by atoms with Crippen molar-refractivity contribution in [3.8, 4) is 0 Å². The first kappa shape index (κ1) is 13.9. The molecular formula is C11H16N4O3S2. The van der Waals surface area contributed by atoms with Crippen molar-refractivity contribution in [3.63, 3.8) is 0 Å². The zero-order valence-electron chi connectivity index (χ0n) is 11.1. The largest absolute Gasteiger partial charge is 0.299 e. The van der Waals surface area contributed by atoms with Gasteiger partial charge in [0.25, 0.3) is 0 Å². The Morgan fingerprint density at radius 1 is 1.35 bits per heavy atom. The maximum atomic E-state index is 12.2. The number of sulfonamides is 1. The first-order chi connectivity index (χ1) is 9.45. The van der Waals surface area contributed by atoms with Crippen molar-refractivity contribution < 1.29 is 13.2 Å². The smallest absolute Gasteiger partial charge is 0.244 e. The fraction of sp³-hybridized carbons (Fsp3) is 0.727. The minimum atomic E-state index is -3.35. The summed E-state index contributed by atoms with van der Waals surface area (Å²) in [5, 5.41) is 12.1. The van der Waals surface area contributed by atoms with E-state index < -0.39 is 16.1 Å². The van der Waals surface area contributed by atoms with Crippen LogP contribution in [0.15, 0.2) is 0 Å². The van der Waals surface area contributed by atoms with Gasteiger partial charge in [-0.05, 0) is 25.7 Å². The van der Waals surface area contributed by atoms with Gasteiger partial charge in [-0.15, -0.1) is 10.2 Å². The van der Waals surface area contributed by atoms with Crippen molar-refractivity contribution in [2.45, 2.75) is 37.6 Å². The van der Waals surface area contributed by atoms with Crippen LogP contribution in [-0.2, 0) is 14.8 Å². The van der Waals surface area contributed by atoms with Crippen LogP contribution in [0.4, 0.5) is 5.13 Å². The van der Waals surface area contributed by atoms with E-state index in [1.807, 2.05) is 0 Å². The number of nitrogens with one attached hydrogen (secondary N) is 1. The highest BCUT2D eigenvalue weighted by molar-refractivity contribution is 7.88. The predicted molar refractivity (Wildman–Crippen MR) is 75.1 cm³/mol. The van der Waals surface area contributed by atoms with Crippen LogP contribution in [-0.4, -0.2) is 47.7 Å². The third kappa shape index (κ3) is 2.84. The number of hydrogen-bond acceptors (Lipinski definition) is 6. The maximum Gasteiger partial charge on any atom is 0.244 e. The van der Waals surface area contributed by atoms with Crippen LogP contribution in [0, 0.1) is 0 Å². The highest BCUT2D eigenvalue weighted by atomic mass is 32.2. The van der Waals surface area contributed by atoms with E-state index in [9.17, 15) is 13.2 Å². The molecule has 110 valence electrons. The molecular weight excluding hydrogens is 300 g/mol. The van der Waals surface area contributed by atoms with E-state index in [1.54, 1.807) is 0 Å². The van der Waals surface area contributed by atoms with Crippen LogP contribution in [0.5, 0.6) is 0 Å². The van der Waals surface area contributed by atoms with Gasteiger partial charge in [0, 0.05) is 12.5 Å². The van der Waals surface area contributed by atoms with Crippen LogP contribution >= 0.6 is 11.3 Å². The van der Waals surface area contributed by atoms with E-state index in [0.717, 1.165) is 24.1 Å². The van der Waals surface area contributed by atoms with Gasteiger partial charge in [-0.3, -0.25) is 10.1 Å². The zero-order chi connectivity index (χ0) is 14.3. The number of aromatic nitrogens is 2. The third-order valence-electron chi connectivity index (χ3n) is 3.53. The summed E-state index contributed by atoms with van der Waals surface area (Å²) in [4.78, 5) is 12.2. The van der Waals surface area contributed by atoms with Crippen molar-refractivity contribution in [1.29, 1.82) is 0 Å². The van der Waals surface area contributed by atoms with Gasteiger partial charge in [0.1, 0.15) is 11.0 Å². The fourth-order valence-corrected chi connectivity index (χ4v) is 4.41. The summed E-state index contributed by atoms with van der Waals surface area (Å²) >= 11 is 1.38. The van der Waals surface area contributed by atoms with E-state index >= 15 is 0 Å². The molecule has 1 aromatic heterocycles. The molecule has 2 aliphatic rings. The zero-order valence-corrected chi connectivity index (χ0v) is 12.7. The number of carbonyl (C=O) groups excluding carboxylic acids is 1. The van der Waals surface area contributed by atoms with Gasteiger partial charge in [0.15, 0.2) is 0 Å². The van der Waals surface area contributed by atoms with Gasteiger partial charge in [0.2, 0.25) is 21.1 Å². The monoisotopic (exact) mass is 316 g/mol. The molecule has 1 saturated carbocycles. The molecule has 2 fully saturated rings. The average molecular weight is 316 g/mol. The molecule has 0 radical (unpaired) electrons. The summed E-state index contributed by atoms with van der Waals surface area (Å²) in [6.45, 7) is 0.403. The van der Waals surface area contributed by atoms with E-state index in [1.165, 1.54) is 15.6 Å². The minimum Gasteiger partial charge on any atom is -0.299 e. The van der Waals surface area contributed by atoms with Gasteiger partial charge in [0.05, 0.1) is 6.26 Å². The summed E-state index contributed by atoms with van der Waals surface area (Å²) in [5.41, 5.74) is 0. The Kier molecular flexibility index (Phi) is 3.51. The van der Waals surface area contributed by atoms with Gasteiger partial charge < -0.3 is 0 Å². The first-order valence-electron chi connectivity index (χ1n) is 6.56. The van der Waals surface area contributed by atoms with Crippen LogP contribution in [0.2, 0.25) is 0 Å². The topological polar surface area (TPSA) is 92.3 Å². The summed E-state index contributed by atoms with van der Waals surface area (Å²) in [6, 6.07) is -0.627. The van der Waals surface area contributed by atoms with Crippen LogP contribution in [0.25, 0.3) is 0 Å². The van der Waals surface area contributed by atoms with Crippen LogP contribution in [0.3, 0.4) is 0 Å². The van der Waals surface area contributed by atoms with E-state index in [0.29, 0.717) is 30.4 Å². The Morgan fingerprint density at radius 2 is 2.10 bits per heavy atom. The van der Waals surface area contributed by atoms with Crippen molar-refractivity contribution >= 4 is 32.4 Å². The molecule has 2 heterocycles. The molecule has 0 aromatic carbocycles. The van der Waals surface area contributed by atoms with Crippen LogP contribution in [0.1, 0.15) is 36.6 Å². The Hall–Kier alpha value is -1.06. The summed E-state index contributed by atoms with van der Waals surface area (Å²) < 4.78 is 24.5. The molecule has 1 N–H and O–H groups in total. The van der Waals surface area contributed by atoms with Crippen LogP contribution < -0.4 is 5.32 Å². The minimum absolute atomic E-state index is 0.313. The SMILES string of the molecule is CS(=O)(=O)N1CCCC1C(=O)Nc1nnc(C2CC2)s1. The van der Waals surface area contributed by atoms with E-state index in [2.05, 4.69) is 15.5 Å². The summed E-state index contributed by atoms with van der Waals surface area (Å²) in [5.74, 6) is 0.184. The Labute approximate surface area is 121 Å². The molecule has 1 amide bonds. The number of rotatable bonds is 4. The molecule has 1 aromatic rings. The lowest BCUT2D eigenvalue weighted by Crippen LogP contribution is -2.42. The van der Waals surface area contributed by atoms with Gasteiger partial charge >= 0.3 is 0 Å². The summed E-state index contributed by atoms with van der Waals surface area (Å²) in [7, 11) is -3.35. The number of amides is 1. The number of carbonyl (C=O) groups is 1. The fourth-order valence-electron chi connectivity index (χ4n) is 2.37. The molecule has 0 bridgehead atoms. The number of nitrogens with zero attached hydrogens (tertiary/aromatic N) is 3. The molecule has 3 rings (SSSR count). The standard InChI is InChI=1S/C11H16N4O3S2/c1-20(17,18)15-6-2-3-8(15)9(16)12-11-14-13-10(19-11)7-4-5-7/h7-8H,2-6H2,1H3,(H,12,14,16). The van der Waals surface area contributed by atoms with Crippen molar-refractivity contribution in [2.24, 2.45) is 0 Å².